The van der Waals surface area contributed by atoms with Gasteiger partial charge in [0, 0.05) is 12.4 Å². The summed E-state index contributed by atoms with van der Waals surface area (Å²) in [6, 6.07) is 2.61. The molecular weight excluding hydrogens is 241 g/mol. The number of fused-ring (bicyclic) bond motifs is 1. The highest BCUT2D eigenvalue weighted by Crippen LogP contribution is 2.26. The van der Waals surface area contributed by atoms with E-state index in [1.165, 1.54) is 0 Å². The molecule has 5 heteroatoms. The van der Waals surface area contributed by atoms with Crippen LogP contribution in [-0.4, -0.2) is 12.0 Å². The van der Waals surface area contributed by atoms with Gasteiger partial charge in [0.2, 0.25) is 0 Å². The van der Waals surface area contributed by atoms with Gasteiger partial charge in [0.15, 0.2) is 17.5 Å². The summed E-state index contributed by atoms with van der Waals surface area (Å²) in [5.74, 6) is -3.43. The molecule has 0 fully saturated rings. The van der Waals surface area contributed by atoms with Gasteiger partial charge in [-0.15, -0.1) is 0 Å². The van der Waals surface area contributed by atoms with Crippen molar-refractivity contribution in [1.82, 2.24) is 4.98 Å². The lowest BCUT2D eigenvalue weighted by Crippen LogP contribution is -2.02. The van der Waals surface area contributed by atoms with Crippen LogP contribution in [0.3, 0.4) is 0 Å². The Morgan fingerprint density at radius 1 is 1.17 bits per heavy atom. The summed E-state index contributed by atoms with van der Waals surface area (Å²) >= 11 is 0. The molecule has 0 saturated carbocycles. The van der Waals surface area contributed by atoms with Crippen molar-refractivity contribution in [3.05, 3.63) is 35.1 Å². The van der Waals surface area contributed by atoms with Gasteiger partial charge in [-0.25, -0.2) is 18.2 Å². The van der Waals surface area contributed by atoms with Gasteiger partial charge >= 0.3 is 0 Å². The van der Waals surface area contributed by atoms with E-state index in [1.807, 2.05) is 6.92 Å². The van der Waals surface area contributed by atoms with E-state index in [2.05, 4.69) is 10.3 Å². The number of halogens is 3. The highest BCUT2D eigenvalue weighted by atomic mass is 19.2. The Labute approximate surface area is 103 Å². The van der Waals surface area contributed by atoms with Gasteiger partial charge in [-0.1, -0.05) is 13.3 Å². The van der Waals surface area contributed by atoms with Crippen LogP contribution in [0.5, 0.6) is 0 Å². The van der Waals surface area contributed by atoms with E-state index in [4.69, 9.17) is 0 Å². The molecule has 1 aromatic carbocycles. The molecular formula is C13H13F3N2. The lowest BCUT2D eigenvalue weighted by molar-refractivity contribution is 0.452. The highest BCUT2D eigenvalue weighted by molar-refractivity contribution is 5.82. The van der Waals surface area contributed by atoms with E-state index in [0.29, 0.717) is 5.82 Å². The Hall–Kier alpha value is -1.78. The standard InChI is InChI=1S/C13H13F3N2/c1-3-4-7-5-8-6-9(14)10(15)11(16)12(8)18-13(7)17-2/h5-6H,3-4H2,1-2H3,(H,17,18). The zero-order valence-corrected chi connectivity index (χ0v) is 10.2. The first kappa shape index (κ1) is 12.7. The summed E-state index contributed by atoms with van der Waals surface area (Å²) in [7, 11) is 1.66. The lowest BCUT2D eigenvalue weighted by atomic mass is 10.1. The van der Waals surface area contributed by atoms with Gasteiger partial charge < -0.3 is 5.32 Å². The van der Waals surface area contributed by atoms with Crippen LogP contribution in [0.25, 0.3) is 10.9 Å². The van der Waals surface area contributed by atoms with Gasteiger partial charge in [-0.2, -0.15) is 0 Å². The van der Waals surface area contributed by atoms with Crippen LogP contribution in [0.15, 0.2) is 12.1 Å². The molecule has 0 aliphatic heterocycles. The van der Waals surface area contributed by atoms with Crippen LogP contribution < -0.4 is 5.32 Å². The zero-order chi connectivity index (χ0) is 13.3. The molecule has 2 nitrogen and oxygen atoms in total. The Balaban J connectivity index is 2.75. The third kappa shape index (κ3) is 2.00. The van der Waals surface area contributed by atoms with Crippen molar-refractivity contribution in [3.63, 3.8) is 0 Å². The minimum atomic E-state index is -1.49. The fraction of sp³-hybridized carbons (Fsp3) is 0.308. The number of aromatic nitrogens is 1. The fourth-order valence-corrected chi connectivity index (χ4v) is 1.94. The topological polar surface area (TPSA) is 24.9 Å². The normalized spacial score (nSPS) is 10.9. The molecule has 0 atom stereocenters. The van der Waals surface area contributed by atoms with Crippen molar-refractivity contribution < 1.29 is 13.2 Å². The van der Waals surface area contributed by atoms with Gasteiger partial charge in [-0.3, -0.25) is 0 Å². The molecule has 2 aromatic rings. The van der Waals surface area contributed by atoms with Crippen LogP contribution >= 0.6 is 0 Å². The largest absolute Gasteiger partial charge is 0.373 e. The van der Waals surface area contributed by atoms with Crippen molar-refractivity contribution in [1.29, 1.82) is 0 Å². The summed E-state index contributed by atoms with van der Waals surface area (Å²) < 4.78 is 39.9. The Morgan fingerprint density at radius 3 is 2.50 bits per heavy atom. The molecule has 0 amide bonds. The van der Waals surface area contributed by atoms with E-state index in [0.717, 1.165) is 24.5 Å². The first-order chi connectivity index (χ1) is 8.58. The predicted octanol–water partition coefficient (Wildman–Crippen LogP) is 3.65. The number of anilines is 1. The van der Waals surface area contributed by atoms with Crippen molar-refractivity contribution in [2.24, 2.45) is 0 Å². The maximum atomic E-state index is 13.6. The van der Waals surface area contributed by atoms with Crippen molar-refractivity contribution in [2.75, 3.05) is 12.4 Å². The summed E-state index contributed by atoms with van der Waals surface area (Å²) in [5, 5.41) is 3.11. The molecule has 18 heavy (non-hydrogen) atoms. The predicted molar refractivity (Wildman–Crippen MR) is 65.2 cm³/mol. The summed E-state index contributed by atoms with van der Waals surface area (Å²) in [6.45, 7) is 2.00. The molecule has 0 spiro atoms. The van der Waals surface area contributed by atoms with E-state index < -0.39 is 17.5 Å². The maximum absolute atomic E-state index is 13.6. The summed E-state index contributed by atoms with van der Waals surface area (Å²) in [4.78, 5) is 4.02. The number of rotatable bonds is 3. The number of hydrogen-bond donors (Lipinski definition) is 1. The number of pyridine rings is 1. The van der Waals surface area contributed by atoms with Crippen LogP contribution in [0, 0.1) is 17.5 Å². The van der Waals surface area contributed by atoms with Crippen molar-refractivity contribution in [3.8, 4) is 0 Å². The number of aryl methyl sites for hydroxylation is 1. The molecule has 96 valence electrons. The summed E-state index contributed by atoms with van der Waals surface area (Å²) in [6.07, 6.45) is 1.62. The molecule has 0 aliphatic carbocycles. The third-order valence-corrected chi connectivity index (χ3v) is 2.78. The molecule has 2 rings (SSSR count). The van der Waals surface area contributed by atoms with E-state index in [1.54, 1.807) is 13.1 Å². The number of nitrogens with one attached hydrogen (secondary N) is 1. The van der Waals surface area contributed by atoms with Gasteiger partial charge in [0.25, 0.3) is 0 Å². The van der Waals surface area contributed by atoms with Crippen molar-refractivity contribution >= 4 is 16.7 Å². The second-order valence-electron chi connectivity index (χ2n) is 4.05. The van der Waals surface area contributed by atoms with Crippen molar-refractivity contribution in [2.45, 2.75) is 19.8 Å². The molecule has 0 bridgehead atoms. The fourth-order valence-electron chi connectivity index (χ4n) is 1.94. The molecule has 0 unspecified atom stereocenters. The van der Waals surface area contributed by atoms with Gasteiger partial charge in [-0.05, 0) is 24.1 Å². The van der Waals surface area contributed by atoms with Gasteiger partial charge in [0.05, 0.1) is 0 Å². The molecule has 0 radical (unpaired) electrons. The first-order valence-electron chi connectivity index (χ1n) is 5.73. The molecule has 0 aliphatic rings. The second kappa shape index (κ2) is 4.84. The maximum Gasteiger partial charge on any atom is 0.196 e. The first-order valence-corrected chi connectivity index (χ1v) is 5.73. The summed E-state index contributed by atoms with van der Waals surface area (Å²) in [5.41, 5.74) is 0.705. The molecule has 1 aromatic heterocycles. The van der Waals surface area contributed by atoms with Crippen LogP contribution in [0.1, 0.15) is 18.9 Å². The van der Waals surface area contributed by atoms with E-state index in [-0.39, 0.29) is 10.9 Å². The molecule has 1 N–H and O–H groups in total. The highest BCUT2D eigenvalue weighted by Gasteiger charge is 2.16. The zero-order valence-electron chi connectivity index (χ0n) is 10.2. The minimum absolute atomic E-state index is 0.155. The third-order valence-electron chi connectivity index (χ3n) is 2.78. The average molecular weight is 254 g/mol. The van der Waals surface area contributed by atoms with Crippen LogP contribution in [-0.2, 0) is 6.42 Å². The Morgan fingerprint density at radius 2 is 1.89 bits per heavy atom. The SMILES string of the molecule is CCCc1cc2cc(F)c(F)c(F)c2nc1NC. The second-order valence-corrected chi connectivity index (χ2v) is 4.05. The average Bonchev–Trinajstić information content (AvgIpc) is 2.36. The number of hydrogen-bond acceptors (Lipinski definition) is 2. The van der Waals surface area contributed by atoms with E-state index in [9.17, 15) is 13.2 Å². The van der Waals surface area contributed by atoms with E-state index >= 15 is 0 Å². The van der Waals surface area contributed by atoms with Crippen LogP contribution in [0.4, 0.5) is 19.0 Å². The van der Waals surface area contributed by atoms with Gasteiger partial charge in [0.1, 0.15) is 11.3 Å². The Bertz CT molecular complexity index is 597. The van der Waals surface area contributed by atoms with Crippen LogP contribution in [0.2, 0.25) is 0 Å². The number of benzene rings is 1. The lowest BCUT2D eigenvalue weighted by Gasteiger charge is -2.10. The number of nitrogens with zero attached hydrogens (tertiary/aromatic N) is 1. The smallest absolute Gasteiger partial charge is 0.196 e. The monoisotopic (exact) mass is 254 g/mol. The molecule has 0 saturated heterocycles. The Kier molecular flexibility index (Phi) is 3.41. The quantitative estimate of drug-likeness (QED) is 0.846. The minimum Gasteiger partial charge on any atom is -0.373 e. The molecule has 1 heterocycles.